The van der Waals surface area contributed by atoms with Crippen LogP contribution in [0.15, 0.2) is 18.2 Å². The largest absolute Gasteiger partial charge is 0.399 e. The lowest BCUT2D eigenvalue weighted by molar-refractivity contribution is 0.0678. The molecule has 2 rings (SSSR count). The van der Waals surface area contributed by atoms with Crippen LogP contribution in [-0.2, 0) is 0 Å². The number of carbonyl (C=O) groups is 1. The summed E-state index contributed by atoms with van der Waals surface area (Å²) in [5.74, 6) is -0.0486. The first-order valence-electron chi connectivity index (χ1n) is 6.53. The van der Waals surface area contributed by atoms with Gasteiger partial charge in [0.2, 0.25) is 0 Å². The van der Waals surface area contributed by atoms with Gasteiger partial charge in [-0.1, -0.05) is 0 Å². The van der Waals surface area contributed by atoms with Crippen molar-refractivity contribution in [2.75, 3.05) is 37.9 Å². The molecule has 5 nitrogen and oxygen atoms in total. The Labute approximate surface area is 113 Å². The minimum absolute atomic E-state index is 0.0192. The fourth-order valence-corrected chi connectivity index (χ4v) is 2.56. The van der Waals surface area contributed by atoms with Crippen molar-refractivity contribution in [3.05, 3.63) is 23.8 Å². The van der Waals surface area contributed by atoms with Gasteiger partial charge in [-0.05, 0) is 31.0 Å². The van der Waals surface area contributed by atoms with Gasteiger partial charge in [-0.15, -0.1) is 0 Å². The van der Waals surface area contributed by atoms with E-state index >= 15 is 0 Å². The van der Waals surface area contributed by atoms with Crippen LogP contribution in [0.5, 0.6) is 0 Å². The number of nitrogens with zero attached hydrogens (tertiary/aromatic N) is 2. The molecule has 0 spiro atoms. The van der Waals surface area contributed by atoms with Gasteiger partial charge in [0.05, 0.1) is 18.2 Å². The number of carbonyl (C=O) groups excluding carboxylic acids is 1. The van der Waals surface area contributed by atoms with Crippen LogP contribution in [-0.4, -0.2) is 49.2 Å². The predicted molar refractivity (Wildman–Crippen MR) is 76.3 cm³/mol. The minimum Gasteiger partial charge on any atom is -0.399 e. The van der Waals surface area contributed by atoms with Crippen molar-refractivity contribution in [3.8, 4) is 0 Å². The Morgan fingerprint density at radius 1 is 1.53 bits per heavy atom. The molecule has 1 aliphatic heterocycles. The number of hydrogen-bond acceptors (Lipinski definition) is 4. The predicted octanol–water partition coefficient (Wildman–Crippen LogP) is 0.932. The first-order valence-corrected chi connectivity index (χ1v) is 6.53. The highest BCUT2D eigenvalue weighted by Crippen LogP contribution is 2.26. The van der Waals surface area contributed by atoms with E-state index in [-0.39, 0.29) is 18.6 Å². The summed E-state index contributed by atoms with van der Waals surface area (Å²) in [6.07, 6.45) is 1.80. The second-order valence-corrected chi connectivity index (χ2v) is 5.15. The molecule has 0 aromatic heterocycles. The van der Waals surface area contributed by atoms with Gasteiger partial charge in [0.15, 0.2) is 0 Å². The Morgan fingerprint density at radius 3 is 2.89 bits per heavy atom. The molecule has 1 aromatic carbocycles. The topological polar surface area (TPSA) is 69.8 Å². The third-order valence-corrected chi connectivity index (χ3v) is 3.58. The molecule has 1 fully saturated rings. The summed E-state index contributed by atoms with van der Waals surface area (Å²) in [6, 6.07) is 5.29. The maximum atomic E-state index is 12.6. The Hall–Kier alpha value is -1.75. The molecule has 104 valence electrons. The van der Waals surface area contributed by atoms with E-state index in [0.717, 1.165) is 18.5 Å². The number of likely N-dealkylation sites (tertiary alicyclic amines) is 1. The molecule has 3 N–H and O–H groups in total. The van der Waals surface area contributed by atoms with Crippen LogP contribution >= 0.6 is 0 Å². The number of amides is 1. The van der Waals surface area contributed by atoms with Gasteiger partial charge in [0.1, 0.15) is 0 Å². The molecular formula is C14H21N3O2. The Bertz CT molecular complexity index is 474. The number of rotatable bonds is 3. The molecule has 0 saturated carbocycles. The van der Waals surface area contributed by atoms with E-state index in [0.29, 0.717) is 17.8 Å². The van der Waals surface area contributed by atoms with Crippen molar-refractivity contribution < 1.29 is 9.90 Å². The summed E-state index contributed by atoms with van der Waals surface area (Å²) in [5, 5.41) is 9.34. The fourth-order valence-electron chi connectivity index (χ4n) is 2.56. The number of nitrogen functional groups attached to an aromatic ring is 1. The lowest BCUT2D eigenvalue weighted by Crippen LogP contribution is -2.38. The lowest BCUT2D eigenvalue weighted by atomic mass is 10.1. The zero-order valence-electron chi connectivity index (χ0n) is 11.5. The van der Waals surface area contributed by atoms with Crippen LogP contribution in [0.2, 0.25) is 0 Å². The van der Waals surface area contributed by atoms with Crippen molar-refractivity contribution in [1.82, 2.24) is 4.90 Å². The van der Waals surface area contributed by atoms with Crippen LogP contribution in [0.4, 0.5) is 11.4 Å². The molecule has 19 heavy (non-hydrogen) atoms. The summed E-state index contributed by atoms with van der Waals surface area (Å²) in [4.78, 5) is 16.3. The first-order chi connectivity index (χ1) is 9.04. The minimum atomic E-state index is -0.0658. The van der Waals surface area contributed by atoms with E-state index in [2.05, 4.69) is 0 Å². The summed E-state index contributed by atoms with van der Waals surface area (Å²) in [7, 11) is 3.80. The third kappa shape index (κ3) is 2.66. The molecule has 1 heterocycles. The lowest BCUT2D eigenvalue weighted by Gasteiger charge is -2.26. The number of aliphatic hydroxyl groups is 1. The number of aliphatic hydroxyl groups excluding tert-OH is 1. The third-order valence-electron chi connectivity index (χ3n) is 3.58. The molecule has 1 atom stereocenters. The van der Waals surface area contributed by atoms with E-state index in [9.17, 15) is 9.90 Å². The maximum Gasteiger partial charge on any atom is 0.256 e. The second-order valence-electron chi connectivity index (χ2n) is 5.15. The number of anilines is 2. The molecule has 0 unspecified atom stereocenters. The summed E-state index contributed by atoms with van der Waals surface area (Å²) in [5.41, 5.74) is 7.82. The van der Waals surface area contributed by atoms with Gasteiger partial charge >= 0.3 is 0 Å². The van der Waals surface area contributed by atoms with Crippen LogP contribution in [0.1, 0.15) is 23.2 Å². The summed E-state index contributed by atoms with van der Waals surface area (Å²) < 4.78 is 0. The molecule has 0 aliphatic carbocycles. The van der Waals surface area contributed by atoms with E-state index in [1.54, 1.807) is 17.0 Å². The van der Waals surface area contributed by atoms with E-state index in [1.165, 1.54) is 0 Å². The normalized spacial score (nSPS) is 18.7. The monoisotopic (exact) mass is 263 g/mol. The second kappa shape index (κ2) is 5.48. The zero-order chi connectivity index (χ0) is 14.0. The van der Waals surface area contributed by atoms with Crippen LogP contribution in [0.25, 0.3) is 0 Å². The number of nitrogens with two attached hydrogens (primary N) is 1. The average molecular weight is 263 g/mol. The van der Waals surface area contributed by atoms with Crippen molar-refractivity contribution >= 4 is 17.3 Å². The van der Waals surface area contributed by atoms with Crippen molar-refractivity contribution in [1.29, 1.82) is 0 Å². The molecule has 1 aliphatic rings. The van der Waals surface area contributed by atoms with Gasteiger partial charge < -0.3 is 20.6 Å². The highest BCUT2D eigenvalue weighted by Gasteiger charge is 2.30. The highest BCUT2D eigenvalue weighted by atomic mass is 16.3. The molecule has 1 saturated heterocycles. The average Bonchev–Trinajstić information content (AvgIpc) is 2.85. The molecule has 0 radical (unpaired) electrons. The van der Waals surface area contributed by atoms with E-state index < -0.39 is 0 Å². The molecule has 1 aromatic rings. The SMILES string of the molecule is CN(C)c1ccc(N)cc1C(=O)N1CCC[C@H]1CO. The van der Waals surface area contributed by atoms with Gasteiger partial charge in [-0.3, -0.25) is 4.79 Å². The van der Waals surface area contributed by atoms with Crippen molar-refractivity contribution in [2.45, 2.75) is 18.9 Å². The molecule has 5 heteroatoms. The Morgan fingerprint density at radius 2 is 2.26 bits per heavy atom. The standard InChI is InChI=1S/C14H21N3O2/c1-16(2)13-6-5-10(15)8-12(13)14(19)17-7-3-4-11(17)9-18/h5-6,8,11,18H,3-4,7,9,15H2,1-2H3/t11-/m0/s1. The summed E-state index contributed by atoms with van der Waals surface area (Å²) >= 11 is 0. The van der Waals surface area contributed by atoms with Crippen LogP contribution in [0, 0.1) is 0 Å². The molecule has 0 bridgehead atoms. The Kier molecular flexibility index (Phi) is 3.95. The number of hydrogen-bond donors (Lipinski definition) is 2. The van der Waals surface area contributed by atoms with E-state index in [4.69, 9.17) is 5.73 Å². The molecular weight excluding hydrogens is 242 g/mol. The first kappa shape index (κ1) is 13.7. The van der Waals surface area contributed by atoms with Gasteiger partial charge in [-0.2, -0.15) is 0 Å². The van der Waals surface area contributed by atoms with Crippen LogP contribution in [0.3, 0.4) is 0 Å². The Balaban J connectivity index is 2.35. The van der Waals surface area contributed by atoms with Crippen molar-refractivity contribution in [3.63, 3.8) is 0 Å². The quantitative estimate of drug-likeness (QED) is 0.796. The number of benzene rings is 1. The maximum absolute atomic E-state index is 12.6. The van der Waals surface area contributed by atoms with E-state index in [1.807, 2.05) is 25.1 Å². The highest BCUT2D eigenvalue weighted by molar-refractivity contribution is 6.01. The smallest absolute Gasteiger partial charge is 0.256 e. The summed E-state index contributed by atoms with van der Waals surface area (Å²) in [6.45, 7) is 0.719. The van der Waals surface area contributed by atoms with Gasteiger partial charge in [-0.25, -0.2) is 0 Å². The van der Waals surface area contributed by atoms with Gasteiger partial charge in [0.25, 0.3) is 5.91 Å². The van der Waals surface area contributed by atoms with Gasteiger partial charge in [0, 0.05) is 32.0 Å². The zero-order valence-corrected chi connectivity index (χ0v) is 11.5. The van der Waals surface area contributed by atoms with Crippen molar-refractivity contribution in [2.24, 2.45) is 0 Å². The fraction of sp³-hybridized carbons (Fsp3) is 0.500. The molecule has 1 amide bonds. The van der Waals surface area contributed by atoms with Crippen LogP contribution < -0.4 is 10.6 Å².